The van der Waals surface area contributed by atoms with Crippen molar-refractivity contribution in [3.63, 3.8) is 0 Å². The number of fused-ring (bicyclic) bond motifs is 2. The molecule has 130 valence electrons. The van der Waals surface area contributed by atoms with E-state index in [0.29, 0.717) is 28.9 Å². The Labute approximate surface area is 153 Å². The van der Waals surface area contributed by atoms with Crippen LogP contribution < -0.4 is 5.56 Å². The second-order valence-corrected chi connectivity index (χ2v) is 6.17. The summed E-state index contributed by atoms with van der Waals surface area (Å²) in [6.45, 7) is 0.437. The third-order valence-corrected chi connectivity index (χ3v) is 4.46. The van der Waals surface area contributed by atoms with Crippen LogP contribution in [0.2, 0.25) is 0 Å². The van der Waals surface area contributed by atoms with Gasteiger partial charge in [0.25, 0.3) is 11.3 Å². The van der Waals surface area contributed by atoms with E-state index in [1.165, 1.54) is 6.33 Å². The minimum absolute atomic E-state index is 0.125. The molecule has 5 rings (SSSR count). The molecule has 0 fully saturated rings. The van der Waals surface area contributed by atoms with Gasteiger partial charge in [0, 0.05) is 24.2 Å². The highest BCUT2D eigenvalue weighted by atomic mass is 16.1. The number of aromatic nitrogens is 6. The van der Waals surface area contributed by atoms with Gasteiger partial charge < -0.3 is 4.57 Å². The van der Waals surface area contributed by atoms with Crippen LogP contribution in [0.3, 0.4) is 0 Å². The van der Waals surface area contributed by atoms with E-state index < -0.39 is 0 Å². The van der Waals surface area contributed by atoms with Gasteiger partial charge in [0.15, 0.2) is 0 Å². The fourth-order valence-electron chi connectivity index (χ4n) is 3.24. The lowest BCUT2D eigenvalue weighted by Gasteiger charge is -2.11. The molecule has 27 heavy (non-hydrogen) atoms. The molecular weight excluding hydrogens is 340 g/mol. The zero-order chi connectivity index (χ0) is 18.2. The van der Waals surface area contributed by atoms with Gasteiger partial charge >= 0.3 is 0 Å². The number of hydrogen-bond donors (Lipinski definition) is 0. The summed E-state index contributed by atoms with van der Waals surface area (Å²) in [5, 5.41) is 4.80. The molecule has 0 saturated carbocycles. The Balaban J connectivity index is 1.82. The van der Waals surface area contributed by atoms with Crippen LogP contribution in [0.15, 0.2) is 78.2 Å². The fraction of sp³-hybridized carbons (Fsp3) is 0.0500. The minimum Gasteiger partial charge on any atom is -0.310 e. The quantitative estimate of drug-likeness (QED) is 0.498. The Morgan fingerprint density at radius 1 is 1.00 bits per heavy atom. The SMILES string of the molecule is O=c1c2c(-c3ccccc3)n3ncnc3nc2ccn1Cc1cccnc1. The predicted octanol–water partition coefficient (Wildman–Crippen LogP) is 2.55. The van der Waals surface area contributed by atoms with Gasteiger partial charge in [-0.1, -0.05) is 36.4 Å². The molecule has 0 aliphatic heterocycles. The monoisotopic (exact) mass is 354 g/mol. The number of pyridine rings is 2. The molecule has 4 aromatic heterocycles. The lowest BCUT2D eigenvalue weighted by molar-refractivity contribution is 0.763. The van der Waals surface area contributed by atoms with E-state index >= 15 is 0 Å². The zero-order valence-electron chi connectivity index (χ0n) is 14.2. The molecule has 0 radical (unpaired) electrons. The summed E-state index contributed by atoms with van der Waals surface area (Å²) in [5.41, 5.74) is 3.01. The van der Waals surface area contributed by atoms with Crippen molar-refractivity contribution in [2.24, 2.45) is 0 Å². The van der Waals surface area contributed by atoms with Gasteiger partial charge in [-0.2, -0.15) is 14.6 Å². The summed E-state index contributed by atoms with van der Waals surface area (Å²) in [4.78, 5) is 26.2. The first-order valence-corrected chi connectivity index (χ1v) is 8.48. The lowest BCUT2D eigenvalue weighted by Crippen LogP contribution is -2.22. The average Bonchev–Trinajstić information content (AvgIpc) is 3.18. The Hall–Kier alpha value is -3.87. The standard InChI is InChI=1S/C20H14N6O/c27-19-17-16(8-10-25(19)12-14-5-4-9-21-11-14)24-20-22-13-23-26(20)18(17)15-6-2-1-3-7-15/h1-11,13H,12H2. The summed E-state index contributed by atoms with van der Waals surface area (Å²) in [6, 6.07) is 15.3. The van der Waals surface area contributed by atoms with Crippen molar-refractivity contribution in [1.82, 2.24) is 29.1 Å². The van der Waals surface area contributed by atoms with E-state index in [0.717, 1.165) is 11.1 Å². The number of hydrogen-bond acceptors (Lipinski definition) is 5. The molecular formula is C20H14N6O. The maximum Gasteiger partial charge on any atom is 0.262 e. The summed E-state index contributed by atoms with van der Waals surface area (Å²) >= 11 is 0. The Kier molecular flexibility index (Phi) is 3.50. The van der Waals surface area contributed by atoms with Crippen molar-refractivity contribution >= 4 is 16.7 Å². The topological polar surface area (TPSA) is 78.0 Å². The molecule has 0 aliphatic carbocycles. The van der Waals surface area contributed by atoms with Crippen LogP contribution >= 0.6 is 0 Å². The molecule has 0 atom stereocenters. The molecule has 0 amide bonds. The van der Waals surface area contributed by atoms with Crippen LogP contribution in [-0.4, -0.2) is 29.1 Å². The lowest BCUT2D eigenvalue weighted by atomic mass is 10.1. The number of benzene rings is 1. The van der Waals surface area contributed by atoms with Gasteiger partial charge in [0.2, 0.25) is 0 Å². The normalized spacial score (nSPS) is 11.3. The van der Waals surface area contributed by atoms with Crippen molar-refractivity contribution in [2.75, 3.05) is 0 Å². The van der Waals surface area contributed by atoms with Gasteiger partial charge in [-0.25, -0.2) is 4.98 Å². The number of rotatable bonds is 3. The second-order valence-electron chi connectivity index (χ2n) is 6.17. The zero-order valence-corrected chi connectivity index (χ0v) is 14.2. The van der Waals surface area contributed by atoms with Gasteiger partial charge in [0.05, 0.1) is 23.1 Å². The van der Waals surface area contributed by atoms with Crippen LogP contribution in [0.25, 0.3) is 27.9 Å². The molecule has 0 aliphatic rings. The summed E-state index contributed by atoms with van der Waals surface area (Å²) in [5.74, 6) is 0.464. The average molecular weight is 354 g/mol. The third-order valence-electron chi connectivity index (χ3n) is 4.46. The van der Waals surface area contributed by atoms with Crippen LogP contribution in [-0.2, 0) is 6.54 Å². The van der Waals surface area contributed by atoms with Gasteiger partial charge in [-0.15, -0.1) is 0 Å². The van der Waals surface area contributed by atoms with Crippen LogP contribution in [0.5, 0.6) is 0 Å². The summed E-state index contributed by atoms with van der Waals surface area (Å²) in [6.07, 6.45) is 6.67. The van der Waals surface area contributed by atoms with E-state index in [4.69, 9.17) is 0 Å². The Morgan fingerprint density at radius 2 is 1.89 bits per heavy atom. The Bertz CT molecular complexity index is 1310. The van der Waals surface area contributed by atoms with Crippen molar-refractivity contribution < 1.29 is 0 Å². The maximum atomic E-state index is 13.3. The van der Waals surface area contributed by atoms with Crippen LogP contribution in [0.4, 0.5) is 0 Å². The summed E-state index contributed by atoms with van der Waals surface area (Å²) < 4.78 is 3.28. The first kappa shape index (κ1) is 15.4. The van der Waals surface area contributed by atoms with Crippen molar-refractivity contribution in [1.29, 1.82) is 0 Å². The van der Waals surface area contributed by atoms with Crippen molar-refractivity contribution in [2.45, 2.75) is 6.54 Å². The number of nitrogens with zero attached hydrogens (tertiary/aromatic N) is 6. The van der Waals surface area contributed by atoms with E-state index in [9.17, 15) is 4.79 Å². The molecule has 0 saturated heterocycles. The second kappa shape index (κ2) is 6.14. The maximum absolute atomic E-state index is 13.3. The van der Waals surface area contributed by atoms with E-state index in [2.05, 4.69) is 20.1 Å². The molecule has 0 unspecified atom stereocenters. The molecule has 0 spiro atoms. The highest BCUT2D eigenvalue weighted by Crippen LogP contribution is 2.25. The highest BCUT2D eigenvalue weighted by Gasteiger charge is 2.16. The van der Waals surface area contributed by atoms with Gasteiger partial charge in [0.1, 0.15) is 6.33 Å². The molecule has 0 bridgehead atoms. The molecule has 1 aromatic carbocycles. The molecule has 4 heterocycles. The van der Waals surface area contributed by atoms with Gasteiger partial charge in [-0.3, -0.25) is 9.78 Å². The Morgan fingerprint density at radius 3 is 2.70 bits per heavy atom. The molecule has 5 aromatic rings. The largest absolute Gasteiger partial charge is 0.310 e. The van der Waals surface area contributed by atoms with Crippen molar-refractivity contribution in [3.05, 3.63) is 89.4 Å². The smallest absolute Gasteiger partial charge is 0.262 e. The van der Waals surface area contributed by atoms with E-state index in [-0.39, 0.29) is 5.56 Å². The molecule has 7 heteroatoms. The summed E-state index contributed by atoms with van der Waals surface area (Å²) in [7, 11) is 0. The van der Waals surface area contributed by atoms with E-state index in [1.807, 2.05) is 48.5 Å². The van der Waals surface area contributed by atoms with Gasteiger partial charge in [-0.05, 0) is 17.7 Å². The first-order chi connectivity index (χ1) is 13.3. The molecule has 0 N–H and O–H groups in total. The van der Waals surface area contributed by atoms with Crippen LogP contribution in [0, 0.1) is 0 Å². The first-order valence-electron chi connectivity index (χ1n) is 8.48. The third kappa shape index (κ3) is 2.56. The molecule has 7 nitrogen and oxygen atoms in total. The van der Waals surface area contributed by atoms with E-state index in [1.54, 1.807) is 27.7 Å². The fourth-order valence-corrected chi connectivity index (χ4v) is 3.24. The highest BCUT2D eigenvalue weighted by molar-refractivity contribution is 5.93. The van der Waals surface area contributed by atoms with Crippen molar-refractivity contribution in [3.8, 4) is 11.3 Å². The predicted molar refractivity (Wildman–Crippen MR) is 101 cm³/mol. The minimum atomic E-state index is -0.125. The van der Waals surface area contributed by atoms with Crippen LogP contribution in [0.1, 0.15) is 5.56 Å².